The van der Waals surface area contributed by atoms with Crippen molar-refractivity contribution in [2.24, 2.45) is 0 Å². The molecule has 0 aliphatic heterocycles. The van der Waals surface area contributed by atoms with Crippen LogP contribution >= 0.6 is 7.82 Å². The summed E-state index contributed by atoms with van der Waals surface area (Å²) in [6.07, 6.45) is 0. The maximum Gasteiger partial charge on any atom is 1.00 e. The minimum Gasteiger partial charge on any atom is -0.303 e. The number of hydrogen-bond acceptors (Lipinski definition) is 1. The number of rotatable bonds is 0. The second-order valence-corrected chi connectivity index (χ2v) is 1.54. The molecule has 0 spiro atoms. The third kappa shape index (κ3) is 68.0. The third-order valence-corrected chi connectivity index (χ3v) is 0. The van der Waals surface area contributed by atoms with E-state index in [4.69, 9.17) is 19.2 Å². The maximum atomic E-state index is 8.88. The smallest absolute Gasteiger partial charge is 0.303 e. The SMILES string of the molecule is O=P(O)(O)O.[H+].[Na+].[Na+]. The van der Waals surface area contributed by atoms with Crippen molar-refractivity contribution < 1.29 is 79.8 Å². The minimum atomic E-state index is -4.64. The molecule has 4 nitrogen and oxygen atoms in total. The van der Waals surface area contributed by atoms with Crippen LogP contribution in [0.15, 0.2) is 0 Å². The van der Waals surface area contributed by atoms with Crippen molar-refractivity contribution in [2.75, 3.05) is 0 Å². The number of phosphoric acid groups is 1. The van der Waals surface area contributed by atoms with Gasteiger partial charge in [-0.25, -0.2) is 4.57 Å². The van der Waals surface area contributed by atoms with Crippen LogP contribution in [0.5, 0.6) is 0 Å². The van der Waals surface area contributed by atoms with Crippen LogP contribution in [0.1, 0.15) is 1.43 Å². The molecule has 0 radical (unpaired) electrons. The molecule has 0 aliphatic rings. The quantitative estimate of drug-likeness (QED) is 0.234. The molecule has 7 heavy (non-hydrogen) atoms. The molecule has 0 unspecified atom stereocenters. The van der Waals surface area contributed by atoms with Crippen molar-refractivity contribution >= 4 is 7.82 Å². The molecule has 0 rings (SSSR count). The zero-order chi connectivity index (χ0) is 4.50. The van der Waals surface area contributed by atoms with Crippen molar-refractivity contribution in [1.82, 2.24) is 0 Å². The molecular formula is H4Na2O4P+3. The van der Waals surface area contributed by atoms with Crippen LogP contribution in [-0.4, -0.2) is 14.7 Å². The third-order valence-electron chi connectivity index (χ3n) is 0. The van der Waals surface area contributed by atoms with Gasteiger partial charge in [0.2, 0.25) is 0 Å². The molecule has 0 aromatic carbocycles. The van der Waals surface area contributed by atoms with Gasteiger partial charge < -0.3 is 14.7 Å². The molecule has 7 heteroatoms. The van der Waals surface area contributed by atoms with Gasteiger partial charge in [0.25, 0.3) is 0 Å². The standard InChI is InChI=1S/2Na.H3O4P/c;;1-5(2,3)4/h;;(H3,1,2,3,4)/q2*+1;/p+1. The fraction of sp³-hybridized carbons (Fsp3) is 0. The molecule has 0 bridgehead atoms. The van der Waals surface area contributed by atoms with Crippen molar-refractivity contribution in [3.63, 3.8) is 0 Å². The molecule has 0 aromatic rings. The summed E-state index contributed by atoms with van der Waals surface area (Å²) >= 11 is 0. The monoisotopic (exact) mass is 145 g/mol. The van der Waals surface area contributed by atoms with Gasteiger partial charge >= 0.3 is 68.4 Å². The van der Waals surface area contributed by atoms with Gasteiger partial charge in [-0.3, -0.25) is 0 Å². The molecule has 0 amide bonds. The number of hydrogen-bond donors (Lipinski definition) is 3. The fourth-order valence-electron chi connectivity index (χ4n) is 0. The van der Waals surface area contributed by atoms with Crippen molar-refractivity contribution in [2.45, 2.75) is 0 Å². The van der Waals surface area contributed by atoms with Crippen molar-refractivity contribution in [3.8, 4) is 0 Å². The maximum absolute atomic E-state index is 8.88. The van der Waals surface area contributed by atoms with Gasteiger partial charge in [0.1, 0.15) is 0 Å². The molecule has 32 valence electrons. The largest absolute Gasteiger partial charge is 1.00 e. The summed E-state index contributed by atoms with van der Waals surface area (Å²) in [6.45, 7) is 0. The molecule has 0 heterocycles. The average molecular weight is 145 g/mol. The topological polar surface area (TPSA) is 77.8 Å². The van der Waals surface area contributed by atoms with Crippen LogP contribution < -0.4 is 59.1 Å². The first-order valence-electron chi connectivity index (χ1n) is 0.783. The molecule has 0 saturated carbocycles. The normalized spacial score (nSPS) is 8.43. The van der Waals surface area contributed by atoms with Crippen molar-refractivity contribution in [1.29, 1.82) is 0 Å². The van der Waals surface area contributed by atoms with Gasteiger partial charge in [-0.2, -0.15) is 0 Å². The Hall–Kier alpha value is 2.11. The van der Waals surface area contributed by atoms with E-state index in [1.165, 1.54) is 0 Å². The van der Waals surface area contributed by atoms with Crippen LogP contribution in [0.4, 0.5) is 0 Å². The Balaban J connectivity index is -0.0000000267. The van der Waals surface area contributed by atoms with E-state index < -0.39 is 7.82 Å². The van der Waals surface area contributed by atoms with Crippen LogP contribution in [0.25, 0.3) is 0 Å². The minimum absolute atomic E-state index is 0. The zero-order valence-electron chi connectivity index (χ0n) is 5.20. The molecule has 0 aliphatic carbocycles. The van der Waals surface area contributed by atoms with E-state index in [9.17, 15) is 0 Å². The Morgan fingerprint density at radius 2 is 1.14 bits per heavy atom. The first kappa shape index (κ1) is 16.1. The summed E-state index contributed by atoms with van der Waals surface area (Å²) in [7, 11) is -4.64. The fourth-order valence-corrected chi connectivity index (χ4v) is 0. The zero-order valence-corrected chi connectivity index (χ0v) is 9.09. The summed E-state index contributed by atoms with van der Waals surface area (Å²) in [5, 5.41) is 0. The predicted molar refractivity (Wildman–Crippen MR) is 15.4 cm³/mol. The second kappa shape index (κ2) is 6.23. The van der Waals surface area contributed by atoms with E-state index in [1.54, 1.807) is 0 Å². The van der Waals surface area contributed by atoms with Crippen molar-refractivity contribution in [3.05, 3.63) is 0 Å². The summed E-state index contributed by atoms with van der Waals surface area (Å²) in [5.41, 5.74) is 0. The van der Waals surface area contributed by atoms with E-state index >= 15 is 0 Å². The van der Waals surface area contributed by atoms with Crippen LogP contribution in [-0.2, 0) is 4.57 Å². The molecular weight excluding hydrogens is 141 g/mol. The first-order valence-corrected chi connectivity index (χ1v) is 2.35. The van der Waals surface area contributed by atoms with Gasteiger partial charge in [0, 0.05) is 0 Å². The molecule has 0 saturated heterocycles. The van der Waals surface area contributed by atoms with E-state index in [0.29, 0.717) is 0 Å². The van der Waals surface area contributed by atoms with Crippen LogP contribution in [0.3, 0.4) is 0 Å². The van der Waals surface area contributed by atoms with Crippen LogP contribution in [0.2, 0.25) is 0 Å². The van der Waals surface area contributed by atoms with Gasteiger partial charge in [0.05, 0.1) is 0 Å². The predicted octanol–water partition coefficient (Wildman–Crippen LogP) is -6.81. The first-order chi connectivity index (χ1) is 2.00. The van der Waals surface area contributed by atoms with Crippen LogP contribution in [0, 0.1) is 0 Å². The summed E-state index contributed by atoms with van der Waals surface area (Å²) in [5.74, 6) is 0. The van der Waals surface area contributed by atoms with E-state index in [2.05, 4.69) is 0 Å². The summed E-state index contributed by atoms with van der Waals surface area (Å²) in [6, 6.07) is 0. The second-order valence-electron chi connectivity index (χ2n) is 0.513. The molecule has 0 fully saturated rings. The Morgan fingerprint density at radius 1 is 1.14 bits per heavy atom. The van der Waals surface area contributed by atoms with Gasteiger partial charge in [0.15, 0.2) is 0 Å². The molecule has 3 N–H and O–H groups in total. The Labute approximate surface area is 86.6 Å². The van der Waals surface area contributed by atoms with Gasteiger partial charge in [-0.15, -0.1) is 0 Å². The van der Waals surface area contributed by atoms with Gasteiger partial charge in [-0.1, -0.05) is 0 Å². The Kier molecular flexibility index (Phi) is 14.3. The summed E-state index contributed by atoms with van der Waals surface area (Å²) in [4.78, 5) is 21.6. The van der Waals surface area contributed by atoms with E-state index in [1.807, 2.05) is 0 Å². The Morgan fingerprint density at radius 3 is 1.14 bits per heavy atom. The van der Waals surface area contributed by atoms with Gasteiger partial charge in [-0.05, 0) is 0 Å². The van der Waals surface area contributed by atoms with E-state index in [-0.39, 0.29) is 60.5 Å². The molecule has 0 aromatic heterocycles. The van der Waals surface area contributed by atoms with E-state index in [0.717, 1.165) is 0 Å². The molecule has 0 atom stereocenters. The average Bonchev–Trinajstić information content (AvgIpc) is 0.722. The Bertz CT molecular complexity index is 60.2. The summed E-state index contributed by atoms with van der Waals surface area (Å²) < 4.78 is 8.88.